The van der Waals surface area contributed by atoms with Gasteiger partial charge >= 0.3 is 0 Å². The van der Waals surface area contributed by atoms with Crippen molar-refractivity contribution < 1.29 is 9.47 Å². The lowest BCUT2D eigenvalue weighted by atomic mass is 10.3. The molecule has 0 aliphatic carbocycles. The van der Waals surface area contributed by atoms with Crippen molar-refractivity contribution in [1.82, 2.24) is 9.97 Å². The number of aromatic nitrogens is 2. The Morgan fingerprint density at radius 2 is 1.88 bits per heavy atom. The van der Waals surface area contributed by atoms with Gasteiger partial charge in [0, 0.05) is 30.2 Å². The van der Waals surface area contributed by atoms with E-state index in [1.807, 2.05) is 42.5 Å². The van der Waals surface area contributed by atoms with Gasteiger partial charge in [-0.2, -0.15) is 4.98 Å². The van der Waals surface area contributed by atoms with E-state index in [-0.39, 0.29) is 6.79 Å². The topological polar surface area (TPSA) is 59.5 Å². The highest BCUT2D eigenvalue weighted by atomic mass is 16.7. The molecular weight excluding hydrogens is 316 g/mol. The Kier molecular flexibility index (Phi) is 4.08. The van der Waals surface area contributed by atoms with Gasteiger partial charge in [-0.1, -0.05) is 18.2 Å². The smallest absolute Gasteiger partial charge is 0.231 e. The van der Waals surface area contributed by atoms with Crippen molar-refractivity contribution in [3.63, 3.8) is 0 Å². The maximum absolute atomic E-state index is 5.40. The second kappa shape index (κ2) is 6.68. The molecule has 0 amide bonds. The summed E-state index contributed by atoms with van der Waals surface area (Å²) in [6.07, 6.45) is 1.75. The number of hydrogen-bond acceptors (Lipinski definition) is 6. The van der Waals surface area contributed by atoms with Crippen molar-refractivity contribution in [3.05, 3.63) is 60.8 Å². The van der Waals surface area contributed by atoms with Crippen LogP contribution in [0, 0.1) is 0 Å². The van der Waals surface area contributed by atoms with Crippen LogP contribution in [0.5, 0.6) is 11.5 Å². The Labute approximate surface area is 146 Å². The lowest BCUT2D eigenvalue weighted by Gasteiger charge is -2.22. The van der Waals surface area contributed by atoms with Crippen LogP contribution in [-0.4, -0.2) is 23.3 Å². The van der Waals surface area contributed by atoms with E-state index in [9.17, 15) is 0 Å². The van der Waals surface area contributed by atoms with Gasteiger partial charge in [0.1, 0.15) is 5.82 Å². The normalized spacial score (nSPS) is 12.0. The molecule has 2 aromatic carbocycles. The second-order valence-electron chi connectivity index (χ2n) is 5.51. The third-order valence-electron chi connectivity index (χ3n) is 3.93. The highest BCUT2D eigenvalue weighted by molar-refractivity contribution is 5.63. The minimum Gasteiger partial charge on any atom is -0.454 e. The number of ether oxygens (including phenoxy) is 2. The molecule has 2 heterocycles. The molecule has 0 radical (unpaired) electrons. The van der Waals surface area contributed by atoms with Crippen molar-refractivity contribution in [1.29, 1.82) is 0 Å². The van der Waals surface area contributed by atoms with E-state index in [4.69, 9.17) is 9.47 Å². The van der Waals surface area contributed by atoms with Gasteiger partial charge in [0.15, 0.2) is 11.5 Å². The standard InChI is InChI=1S/C19H18N4O2/c1-2-23(15-6-4-3-5-7-15)18-10-11-20-19(22-18)21-14-8-9-16-17(12-14)25-13-24-16/h3-12H,2,13H2,1H3,(H,20,21,22). The number of fused-ring (bicyclic) bond motifs is 1. The lowest BCUT2D eigenvalue weighted by molar-refractivity contribution is 0.174. The third-order valence-corrected chi connectivity index (χ3v) is 3.93. The monoisotopic (exact) mass is 334 g/mol. The van der Waals surface area contributed by atoms with E-state index in [0.717, 1.165) is 35.2 Å². The Morgan fingerprint density at radius 3 is 2.72 bits per heavy atom. The summed E-state index contributed by atoms with van der Waals surface area (Å²) in [6, 6.07) is 17.7. The molecular formula is C19H18N4O2. The molecule has 25 heavy (non-hydrogen) atoms. The van der Waals surface area contributed by atoms with Gasteiger partial charge in [0.2, 0.25) is 12.7 Å². The van der Waals surface area contributed by atoms with Crippen LogP contribution >= 0.6 is 0 Å². The molecule has 0 bridgehead atoms. The lowest BCUT2D eigenvalue weighted by Crippen LogP contribution is -2.17. The Morgan fingerprint density at radius 1 is 1.04 bits per heavy atom. The summed E-state index contributed by atoms with van der Waals surface area (Å²) in [7, 11) is 0. The minimum absolute atomic E-state index is 0.257. The van der Waals surface area contributed by atoms with Gasteiger partial charge in [-0.25, -0.2) is 4.98 Å². The van der Waals surface area contributed by atoms with Gasteiger partial charge < -0.3 is 19.7 Å². The van der Waals surface area contributed by atoms with Crippen LogP contribution in [0.3, 0.4) is 0 Å². The molecule has 0 spiro atoms. The number of anilines is 4. The fourth-order valence-electron chi connectivity index (χ4n) is 2.75. The van der Waals surface area contributed by atoms with Crippen molar-refractivity contribution >= 4 is 23.1 Å². The second-order valence-corrected chi connectivity index (χ2v) is 5.51. The number of benzene rings is 2. The maximum atomic E-state index is 5.40. The molecule has 0 atom stereocenters. The molecule has 0 fully saturated rings. The summed E-state index contributed by atoms with van der Waals surface area (Å²) in [5, 5.41) is 3.22. The van der Waals surface area contributed by atoms with Crippen molar-refractivity contribution in [2.75, 3.05) is 23.6 Å². The Hall–Kier alpha value is -3.28. The van der Waals surface area contributed by atoms with Gasteiger partial charge in [-0.05, 0) is 37.3 Å². The first-order valence-corrected chi connectivity index (χ1v) is 8.16. The molecule has 1 aromatic heterocycles. The van der Waals surface area contributed by atoms with Crippen LogP contribution in [0.25, 0.3) is 0 Å². The third kappa shape index (κ3) is 3.19. The summed E-state index contributed by atoms with van der Waals surface area (Å²) >= 11 is 0. The molecule has 1 aliphatic rings. The zero-order valence-corrected chi connectivity index (χ0v) is 13.8. The van der Waals surface area contributed by atoms with E-state index in [2.05, 4.69) is 39.2 Å². The minimum atomic E-state index is 0.257. The van der Waals surface area contributed by atoms with E-state index in [1.165, 1.54) is 0 Å². The van der Waals surface area contributed by atoms with Gasteiger partial charge in [-0.15, -0.1) is 0 Å². The first-order valence-electron chi connectivity index (χ1n) is 8.16. The zero-order chi connectivity index (χ0) is 17.1. The molecule has 6 heteroatoms. The molecule has 1 aliphatic heterocycles. The fourth-order valence-corrected chi connectivity index (χ4v) is 2.75. The maximum Gasteiger partial charge on any atom is 0.231 e. The van der Waals surface area contributed by atoms with E-state index in [0.29, 0.717) is 5.95 Å². The predicted molar refractivity (Wildman–Crippen MR) is 97.0 cm³/mol. The predicted octanol–water partition coefficient (Wildman–Crippen LogP) is 4.11. The molecule has 6 nitrogen and oxygen atoms in total. The summed E-state index contributed by atoms with van der Waals surface area (Å²) in [4.78, 5) is 11.1. The molecule has 0 unspecified atom stereocenters. The number of para-hydroxylation sites is 1. The summed E-state index contributed by atoms with van der Waals surface area (Å²) in [5.41, 5.74) is 1.95. The fraction of sp³-hybridized carbons (Fsp3) is 0.158. The Bertz CT molecular complexity index is 870. The highest BCUT2D eigenvalue weighted by Gasteiger charge is 2.14. The van der Waals surface area contributed by atoms with Crippen LogP contribution in [0.4, 0.5) is 23.1 Å². The average molecular weight is 334 g/mol. The van der Waals surface area contributed by atoms with Crippen molar-refractivity contribution in [2.45, 2.75) is 6.92 Å². The zero-order valence-electron chi connectivity index (χ0n) is 13.8. The van der Waals surface area contributed by atoms with Crippen LogP contribution in [-0.2, 0) is 0 Å². The average Bonchev–Trinajstić information content (AvgIpc) is 3.11. The van der Waals surface area contributed by atoms with E-state index in [1.54, 1.807) is 6.20 Å². The number of hydrogen-bond donors (Lipinski definition) is 1. The van der Waals surface area contributed by atoms with Crippen LogP contribution in [0.2, 0.25) is 0 Å². The first kappa shape index (κ1) is 15.3. The molecule has 126 valence electrons. The van der Waals surface area contributed by atoms with E-state index < -0.39 is 0 Å². The quantitative estimate of drug-likeness (QED) is 0.758. The summed E-state index contributed by atoms with van der Waals surface area (Å²) in [6.45, 7) is 3.16. The molecule has 1 N–H and O–H groups in total. The van der Waals surface area contributed by atoms with E-state index >= 15 is 0 Å². The molecule has 3 aromatic rings. The van der Waals surface area contributed by atoms with Gasteiger partial charge in [0.25, 0.3) is 0 Å². The first-order chi connectivity index (χ1) is 12.3. The molecule has 4 rings (SSSR count). The number of nitrogens with zero attached hydrogens (tertiary/aromatic N) is 3. The van der Waals surface area contributed by atoms with Gasteiger partial charge in [-0.3, -0.25) is 0 Å². The number of rotatable bonds is 5. The summed E-state index contributed by atoms with van der Waals surface area (Å²) in [5.74, 6) is 2.85. The van der Waals surface area contributed by atoms with Crippen molar-refractivity contribution in [2.24, 2.45) is 0 Å². The highest BCUT2D eigenvalue weighted by Crippen LogP contribution is 2.35. The van der Waals surface area contributed by atoms with Crippen LogP contribution < -0.4 is 19.7 Å². The number of nitrogens with one attached hydrogen (secondary N) is 1. The van der Waals surface area contributed by atoms with Crippen LogP contribution in [0.15, 0.2) is 60.8 Å². The molecule has 0 saturated heterocycles. The SMILES string of the molecule is CCN(c1ccccc1)c1ccnc(Nc2ccc3c(c2)OCO3)n1. The van der Waals surface area contributed by atoms with Crippen LogP contribution in [0.1, 0.15) is 6.92 Å². The van der Waals surface area contributed by atoms with Gasteiger partial charge in [0.05, 0.1) is 0 Å². The largest absolute Gasteiger partial charge is 0.454 e. The van der Waals surface area contributed by atoms with Crippen molar-refractivity contribution in [3.8, 4) is 11.5 Å². The summed E-state index contributed by atoms with van der Waals surface area (Å²) < 4.78 is 10.7. The Balaban J connectivity index is 1.59. The molecule has 0 saturated carbocycles.